The van der Waals surface area contributed by atoms with Gasteiger partial charge in [-0.25, -0.2) is 0 Å². The van der Waals surface area contributed by atoms with Crippen molar-refractivity contribution in [2.24, 2.45) is 41.2 Å². The first-order chi connectivity index (χ1) is 8.50. The largest absolute Gasteiger partial charge is 0.327 e. The molecule has 0 saturated heterocycles. The van der Waals surface area contributed by atoms with Crippen molar-refractivity contribution in [1.82, 2.24) is 0 Å². The van der Waals surface area contributed by atoms with Gasteiger partial charge in [-0.15, -0.1) is 0 Å². The topological polar surface area (TPSA) is 26.0 Å². The molecule has 0 radical (unpaired) electrons. The highest BCUT2D eigenvalue weighted by molar-refractivity contribution is 4.96. The Morgan fingerprint density at radius 3 is 2.11 bits per heavy atom. The highest BCUT2D eigenvalue weighted by Gasteiger charge is 2.43. The van der Waals surface area contributed by atoms with Crippen LogP contribution in [0.3, 0.4) is 0 Å². The van der Waals surface area contributed by atoms with Crippen LogP contribution in [0.5, 0.6) is 0 Å². The predicted molar refractivity (Wildman–Crippen MR) is 79.3 cm³/mol. The molecule has 18 heavy (non-hydrogen) atoms. The molecule has 0 aromatic rings. The van der Waals surface area contributed by atoms with Gasteiger partial charge in [-0.05, 0) is 48.3 Å². The molecule has 0 aromatic heterocycles. The highest BCUT2D eigenvalue weighted by atomic mass is 14.7. The zero-order valence-electron chi connectivity index (χ0n) is 12.9. The molecular formula is C17H33N. The van der Waals surface area contributed by atoms with E-state index in [9.17, 15) is 0 Å². The third-order valence-corrected chi connectivity index (χ3v) is 6.26. The molecule has 0 heterocycles. The van der Waals surface area contributed by atoms with Crippen LogP contribution in [0.2, 0.25) is 0 Å². The summed E-state index contributed by atoms with van der Waals surface area (Å²) >= 11 is 0. The van der Waals surface area contributed by atoms with E-state index in [4.69, 9.17) is 5.73 Å². The molecule has 2 saturated carbocycles. The molecule has 7 atom stereocenters. The fourth-order valence-corrected chi connectivity index (χ4v) is 3.91. The Morgan fingerprint density at radius 2 is 1.39 bits per heavy atom. The van der Waals surface area contributed by atoms with Gasteiger partial charge in [-0.2, -0.15) is 0 Å². The summed E-state index contributed by atoms with van der Waals surface area (Å²) in [6.07, 6.45) is 8.48. The fourth-order valence-electron chi connectivity index (χ4n) is 3.91. The van der Waals surface area contributed by atoms with E-state index >= 15 is 0 Å². The van der Waals surface area contributed by atoms with Crippen LogP contribution in [0.25, 0.3) is 0 Å². The fraction of sp³-hybridized carbons (Fsp3) is 1.00. The summed E-state index contributed by atoms with van der Waals surface area (Å²) < 4.78 is 0. The Kier molecular flexibility index (Phi) is 4.75. The second-order valence-corrected chi connectivity index (χ2v) is 7.54. The first-order valence-corrected chi connectivity index (χ1v) is 8.26. The average Bonchev–Trinajstić information content (AvgIpc) is 3.12. The first kappa shape index (κ1) is 14.4. The Morgan fingerprint density at radius 1 is 0.778 bits per heavy atom. The lowest BCUT2D eigenvalue weighted by Gasteiger charge is -2.28. The van der Waals surface area contributed by atoms with Crippen molar-refractivity contribution in [2.75, 3.05) is 0 Å². The summed E-state index contributed by atoms with van der Waals surface area (Å²) in [4.78, 5) is 0. The normalized spacial score (nSPS) is 50.8. The van der Waals surface area contributed by atoms with E-state index in [1.807, 2.05) is 0 Å². The van der Waals surface area contributed by atoms with Crippen LogP contribution < -0.4 is 5.73 Å². The maximum absolute atomic E-state index is 6.50. The Balaban J connectivity index is 1.96. The number of nitrogens with two attached hydrogens (primary N) is 1. The minimum atomic E-state index is 0.470. The molecule has 2 aliphatic carbocycles. The van der Waals surface area contributed by atoms with Crippen LogP contribution in [-0.4, -0.2) is 6.04 Å². The van der Waals surface area contributed by atoms with Crippen LogP contribution in [0.4, 0.5) is 0 Å². The van der Waals surface area contributed by atoms with E-state index in [0.29, 0.717) is 12.0 Å². The summed E-state index contributed by atoms with van der Waals surface area (Å²) in [5.74, 6) is 5.16. The molecule has 2 aliphatic rings. The lowest BCUT2D eigenvalue weighted by atomic mass is 9.80. The quantitative estimate of drug-likeness (QED) is 0.676. The molecule has 5 unspecified atom stereocenters. The third kappa shape index (κ3) is 3.29. The van der Waals surface area contributed by atoms with Crippen molar-refractivity contribution in [3.63, 3.8) is 0 Å². The van der Waals surface area contributed by atoms with Gasteiger partial charge >= 0.3 is 0 Å². The van der Waals surface area contributed by atoms with Crippen LogP contribution >= 0.6 is 0 Å². The lowest BCUT2D eigenvalue weighted by Crippen LogP contribution is -2.35. The van der Waals surface area contributed by atoms with Crippen molar-refractivity contribution in [1.29, 1.82) is 0 Å². The molecule has 106 valence electrons. The van der Waals surface area contributed by atoms with E-state index in [1.165, 1.54) is 38.5 Å². The second kappa shape index (κ2) is 5.94. The molecule has 0 aliphatic heterocycles. The predicted octanol–water partition coefficient (Wildman–Crippen LogP) is 4.46. The SMILES string of the molecule is CC1CCC[C@@H](C)C(C)CCC2C[C@@H]2C(N)C1C. The van der Waals surface area contributed by atoms with Crippen molar-refractivity contribution in [3.8, 4) is 0 Å². The molecule has 0 spiro atoms. The van der Waals surface area contributed by atoms with Crippen LogP contribution in [0.1, 0.15) is 66.2 Å². The van der Waals surface area contributed by atoms with Crippen molar-refractivity contribution in [2.45, 2.75) is 72.3 Å². The summed E-state index contributed by atoms with van der Waals surface area (Å²) in [5, 5.41) is 0. The molecule has 0 amide bonds. The van der Waals surface area contributed by atoms with Crippen molar-refractivity contribution < 1.29 is 0 Å². The summed E-state index contributed by atoms with van der Waals surface area (Å²) in [7, 11) is 0. The molecule has 1 heteroatoms. The lowest BCUT2D eigenvalue weighted by molar-refractivity contribution is 0.247. The summed E-state index contributed by atoms with van der Waals surface area (Å²) in [6, 6.07) is 0.470. The summed E-state index contributed by atoms with van der Waals surface area (Å²) in [5.41, 5.74) is 6.50. The molecule has 2 rings (SSSR count). The minimum Gasteiger partial charge on any atom is -0.327 e. The van der Waals surface area contributed by atoms with E-state index in [2.05, 4.69) is 27.7 Å². The van der Waals surface area contributed by atoms with Gasteiger partial charge < -0.3 is 5.73 Å². The molecule has 2 N–H and O–H groups in total. The van der Waals surface area contributed by atoms with Gasteiger partial charge in [0.1, 0.15) is 0 Å². The van der Waals surface area contributed by atoms with Gasteiger partial charge in [0.15, 0.2) is 0 Å². The molecule has 0 bridgehead atoms. The monoisotopic (exact) mass is 251 g/mol. The molecule has 1 nitrogen and oxygen atoms in total. The second-order valence-electron chi connectivity index (χ2n) is 7.54. The third-order valence-electron chi connectivity index (χ3n) is 6.26. The Hall–Kier alpha value is -0.0400. The van der Waals surface area contributed by atoms with E-state index < -0.39 is 0 Å². The zero-order valence-corrected chi connectivity index (χ0v) is 12.9. The molecule has 2 fully saturated rings. The summed E-state index contributed by atoms with van der Waals surface area (Å²) in [6.45, 7) is 9.73. The standard InChI is InChI=1S/C17H33N/c1-11-6-5-7-13(3)14(4)17(18)16-10-15(16)9-8-12(11)2/h11-17H,5-10,18H2,1-4H3/t11-,12?,13?,14?,15?,16+,17?/m1/s1. The van der Waals surface area contributed by atoms with Gasteiger partial charge in [0.05, 0.1) is 0 Å². The average molecular weight is 251 g/mol. The highest BCUT2D eigenvalue weighted by Crippen LogP contribution is 2.48. The number of rotatable bonds is 0. The zero-order chi connectivity index (χ0) is 13.3. The molecular weight excluding hydrogens is 218 g/mol. The van der Waals surface area contributed by atoms with E-state index in [-0.39, 0.29) is 0 Å². The van der Waals surface area contributed by atoms with Gasteiger partial charge in [-0.1, -0.05) is 53.4 Å². The van der Waals surface area contributed by atoms with Gasteiger partial charge in [0.25, 0.3) is 0 Å². The number of hydrogen-bond donors (Lipinski definition) is 1. The van der Waals surface area contributed by atoms with E-state index in [0.717, 1.165) is 29.6 Å². The minimum absolute atomic E-state index is 0.470. The van der Waals surface area contributed by atoms with Crippen molar-refractivity contribution in [3.05, 3.63) is 0 Å². The van der Waals surface area contributed by atoms with Gasteiger partial charge in [0, 0.05) is 6.04 Å². The maximum Gasteiger partial charge on any atom is 0.00982 e. The Labute approximate surface area is 114 Å². The van der Waals surface area contributed by atoms with Gasteiger partial charge in [-0.3, -0.25) is 0 Å². The first-order valence-electron chi connectivity index (χ1n) is 8.26. The van der Waals surface area contributed by atoms with Gasteiger partial charge in [0.2, 0.25) is 0 Å². The van der Waals surface area contributed by atoms with Crippen LogP contribution in [0.15, 0.2) is 0 Å². The van der Waals surface area contributed by atoms with Crippen LogP contribution in [-0.2, 0) is 0 Å². The Bertz CT molecular complexity index is 256. The molecule has 0 aromatic carbocycles. The maximum atomic E-state index is 6.50. The van der Waals surface area contributed by atoms with E-state index in [1.54, 1.807) is 0 Å². The van der Waals surface area contributed by atoms with Crippen LogP contribution in [0, 0.1) is 35.5 Å². The number of hydrogen-bond acceptors (Lipinski definition) is 1. The van der Waals surface area contributed by atoms with Crippen molar-refractivity contribution >= 4 is 0 Å². The number of fused-ring (bicyclic) bond motifs is 1. The smallest absolute Gasteiger partial charge is 0.00982 e.